The summed E-state index contributed by atoms with van der Waals surface area (Å²) < 4.78 is 17.6. The number of hydrogen-bond donors (Lipinski definition) is 0. The van der Waals surface area contributed by atoms with E-state index >= 15 is 0 Å². The predicted octanol–water partition coefficient (Wildman–Crippen LogP) is 3.71. The summed E-state index contributed by atoms with van der Waals surface area (Å²) in [5, 5.41) is 0. The van der Waals surface area contributed by atoms with E-state index in [1.165, 1.54) is 5.56 Å². The number of hydrogen-bond acceptors (Lipinski definition) is 4. The van der Waals surface area contributed by atoms with Gasteiger partial charge in [0.1, 0.15) is 5.75 Å². The van der Waals surface area contributed by atoms with Crippen LogP contribution in [0, 0.1) is 13.8 Å². The lowest BCUT2D eigenvalue weighted by Gasteiger charge is -2.32. The van der Waals surface area contributed by atoms with Gasteiger partial charge in [0.25, 0.3) is 11.7 Å². The molecule has 0 radical (unpaired) electrons. The molecule has 0 aromatic heterocycles. The topological polar surface area (TPSA) is 48.0 Å². The fourth-order valence-electron chi connectivity index (χ4n) is 3.75. The van der Waals surface area contributed by atoms with Gasteiger partial charge in [-0.05, 0) is 44.4 Å². The van der Waals surface area contributed by atoms with Crippen LogP contribution in [-0.2, 0) is 20.1 Å². The summed E-state index contributed by atoms with van der Waals surface area (Å²) in [5.74, 6) is -0.542. The zero-order valence-electron chi connectivity index (χ0n) is 15.9. The largest absolute Gasteiger partial charge is 0.494 e. The van der Waals surface area contributed by atoms with Crippen molar-refractivity contribution in [2.75, 3.05) is 31.3 Å². The standard InChI is InChI=1S/C22H25NO4/c1-16-8-10-18(11-9-16)25-13-4-12-23-20-17(2)6-3-7-19(20)22(21(23)24)26-14-5-15-27-22/h3,6-11H,4-5,12-15H2,1-2H3. The van der Waals surface area contributed by atoms with E-state index < -0.39 is 5.79 Å². The van der Waals surface area contributed by atoms with E-state index in [-0.39, 0.29) is 5.91 Å². The Hall–Kier alpha value is -2.37. The molecular weight excluding hydrogens is 342 g/mol. The molecule has 0 saturated carbocycles. The summed E-state index contributed by atoms with van der Waals surface area (Å²) in [6.07, 6.45) is 1.53. The summed E-state index contributed by atoms with van der Waals surface area (Å²) in [7, 11) is 0. The molecular formula is C22H25NO4. The van der Waals surface area contributed by atoms with Crippen molar-refractivity contribution in [3.05, 3.63) is 59.2 Å². The zero-order valence-corrected chi connectivity index (χ0v) is 15.9. The number of para-hydroxylation sites is 1. The van der Waals surface area contributed by atoms with Crippen LogP contribution in [0.25, 0.3) is 0 Å². The number of anilines is 1. The Bertz CT molecular complexity index is 825. The maximum absolute atomic E-state index is 13.2. The summed E-state index contributed by atoms with van der Waals surface area (Å²) in [6.45, 7) is 6.24. The Balaban J connectivity index is 1.48. The van der Waals surface area contributed by atoms with Crippen molar-refractivity contribution in [1.29, 1.82) is 0 Å². The number of rotatable bonds is 5. The second kappa shape index (κ2) is 7.33. The summed E-state index contributed by atoms with van der Waals surface area (Å²) >= 11 is 0. The third kappa shape index (κ3) is 3.22. The Labute approximate surface area is 159 Å². The molecule has 27 heavy (non-hydrogen) atoms. The van der Waals surface area contributed by atoms with Crippen molar-refractivity contribution in [3.63, 3.8) is 0 Å². The van der Waals surface area contributed by atoms with Gasteiger partial charge in [-0.1, -0.05) is 35.9 Å². The van der Waals surface area contributed by atoms with Gasteiger partial charge in [0, 0.05) is 12.1 Å². The lowest BCUT2D eigenvalue weighted by Crippen LogP contribution is -2.47. The third-order valence-electron chi connectivity index (χ3n) is 5.10. The fraction of sp³-hybridized carbons (Fsp3) is 0.409. The smallest absolute Gasteiger partial charge is 0.292 e. The molecule has 0 N–H and O–H groups in total. The molecule has 0 unspecified atom stereocenters. The molecule has 142 valence electrons. The van der Waals surface area contributed by atoms with Crippen LogP contribution >= 0.6 is 0 Å². The van der Waals surface area contributed by atoms with Crippen LogP contribution in [0.2, 0.25) is 0 Å². The number of nitrogens with zero attached hydrogens (tertiary/aromatic N) is 1. The number of carbonyl (C=O) groups is 1. The van der Waals surface area contributed by atoms with Crippen LogP contribution in [0.3, 0.4) is 0 Å². The van der Waals surface area contributed by atoms with Gasteiger partial charge in [-0.25, -0.2) is 0 Å². The number of fused-ring (bicyclic) bond motifs is 2. The molecule has 0 atom stereocenters. The Morgan fingerprint density at radius 1 is 1.07 bits per heavy atom. The number of ether oxygens (including phenoxy) is 3. The van der Waals surface area contributed by atoms with E-state index in [0.717, 1.165) is 35.4 Å². The molecule has 1 amide bonds. The highest BCUT2D eigenvalue weighted by Gasteiger charge is 2.55. The normalized spacial score (nSPS) is 18.0. The Morgan fingerprint density at radius 3 is 2.56 bits per heavy atom. The van der Waals surface area contributed by atoms with Crippen LogP contribution in [-0.4, -0.2) is 32.3 Å². The molecule has 4 rings (SSSR count). The van der Waals surface area contributed by atoms with E-state index in [0.29, 0.717) is 26.4 Å². The third-order valence-corrected chi connectivity index (χ3v) is 5.10. The zero-order chi connectivity index (χ0) is 18.9. The molecule has 0 bridgehead atoms. The minimum atomic E-state index is -1.27. The first-order valence-corrected chi connectivity index (χ1v) is 9.51. The van der Waals surface area contributed by atoms with Crippen LogP contribution in [0.1, 0.15) is 29.5 Å². The van der Waals surface area contributed by atoms with E-state index in [1.807, 2.05) is 56.3 Å². The van der Waals surface area contributed by atoms with Gasteiger partial charge in [-0.3, -0.25) is 4.79 Å². The van der Waals surface area contributed by atoms with E-state index in [4.69, 9.17) is 14.2 Å². The molecule has 1 spiro atoms. The first-order valence-electron chi connectivity index (χ1n) is 9.51. The molecule has 1 saturated heterocycles. The Kier molecular flexibility index (Phi) is 4.89. The van der Waals surface area contributed by atoms with Gasteiger partial charge in [0.2, 0.25) is 0 Å². The van der Waals surface area contributed by atoms with Crippen molar-refractivity contribution in [2.24, 2.45) is 0 Å². The van der Waals surface area contributed by atoms with E-state index in [9.17, 15) is 4.79 Å². The number of benzene rings is 2. The minimum Gasteiger partial charge on any atom is -0.494 e. The lowest BCUT2D eigenvalue weighted by molar-refractivity contribution is -0.256. The maximum atomic E-state index is 13.2. The summed E-state index contributed by atoms with van der Waals surface area (Å²) in [4.78, 5) is 15.0. The van der Waals surface area contributed by atoms with Crippen LogP contribution in [0.15, 0.2) is 42.5 Å². The van der Waals surface area contributed by atoms with Gasteiger partial charge >= 0.3 is 0 Å². The first kappa shape index (κ1) is 18.0. The summed E-state index contributed by atoms with van der Waals surface area (Å²) in [5.41, 5.74) is 4.00. The monoisotopic (exact) mass is 367 g/mol. The van der Waals surface area contributed by atoms with E-state index in [2.05, 4.69) is 0 Å². The predicted molar refractivity (Wildman–Crippen MR) is 103 cm³/mol. The molecule has 2 heterocycles. The highest BCUT2D eigenvalue weighted by Crippen LogP contribution is 2.46. The highest BCUT2D eigenvalue weighted by atomic mass is 16.7. The average molecular weight is 367 g/mol. The lowest BCUT2D eigenvalue weighted by atomic mass is 10.0. The number of aryl methyl sites for hydroxylation is 2. The van der Waals surface area contributed by atoms with Gasteiger partial charge in [0.05, 0.1) is 25.5 Å². The molecule has 5 heteroatoms. The van der Waals surface area contributed by atoms with Crippen LogP contribution in [0.4, 0.5) is 5.69 Å². The SMILES string of the molecule is Cc1ccc(OCCCN2C(=O)C3(OCCCO3)c3cccc(C)c32)cc1. The molecule has 5 nitrogen and oxygen atoms in total. The van der Waals surface area contributed by atoms with Gasteiger partial charge in [-0.2, -0.15) is 0 Å². The van der Waals surface area contributed by atoms with E-state index in [1.54, 1.807) is 4.90 Å². The molecule has 2 aliphatic heterocycles. The van der Waals surface area contributed by atoms with Gasteiger partial charge < -0.3 is 19.1 Å². The van der Waals surface area contributed by atoms with Crippen molar-refractivity contribution in [2.45, 2.75) is 32.5 Å². The van der Waals surface area contributed by atoms with Crippen molar-refractivity contribution < 1.29 is 19.0 Å². The average Bonchev–Trinajstić information content (AvgIpc) is 2.91. The molecule has 1 fully saturated rings. The molecule has 2 aliphatic rings. The quantitative estimate of drug-likeness (QED) is 0.756. The van der Waals surface area contributed by atoms with Crippen LogP contribution in [0.5, 0.6) is 5.75 Å². The second-order valence-electron chi connectivity index (χ2n) is 7.11. The summed E-state index contributed by atoms with van der Waals surface area (Å²) in [6, 6.07) is 13.9. The highest BCUT2D eigenvalue weighted by molar-refractivity contribution is 6.06. The van der Waals surface area contributed by atoms with Crippen molar-refractivity contribution in [1.82, 2.24) is 0 Å². The van der Waals surface area contributed by atoms with Crippen LogP contribution < -0.4 is 9.64 Å². The van der Waals surface area contributed by atoms with Crippen molar-refractivity contribution >= 4 is 11.6 Å². The molecule has 2 aromatic rings. The fourth-order valence-corrected chi connectivity index (χ4v) is 3.75. The molecule has 0 aliphatic carbocycles. The second-order valence-corrected chi connectivity index (χ2v) is 7.11. The van der Waals surface area contributed by atoms with Gasteiger partial charge in [-0.15, -0.1) is 0 Å². The maximum Gasteiger partial charge on any atom is 0.292 e. The van der Waals surface area contributed by atoms with Crippen molar-refractivity contribution in [3.8, 4) is 5.75 Å². The molecule has 2 aromatic carbocycles. The van der Waals surface area contributed by atoms with Gasteiger partial charge in [0.15, 0.2) is 0 Å². The number of amides is 1. The Morgan fingerprint density at radius 2 is 1.81 bits per heavy atom. The minimum absolute atomic E-state index is 0.123. The number of carbonyl (C=O) groups excluding carboxylic acids is 1. The first-order chi connectivity index (χ1) is 13.1.